The molecule has 26 heavy (non-hydrogen) atoms. The second-order valence-electron chi connectivity index (χ2n) is 5.86. The quantitative estimate of drug-likeness (QED) is 0.710. The SMILES string of the molecule is CCN(CC)S(=O)(=O)c1ccc(C(C)NC(=O)c2ccc(Br)cc2)cc1. The van der Waals surface area contributed by atoms with Gasteiger partial charge in [0.1, 0.15) is 0 Å². The molecule has 2 aromatic rings. The number of sulfonamides is 1. The Morgan fingerprint density at radius 1 is 1.04 bits per heavy atom. The maximum Gasteiger partial charge on any atom is 0.251 e. The molecular weight excluding hydrogens is 416 g/mol. The van der Waals surface area contributed by atoms with Gasteiger partial charge in [0.25, 0.3) is 5.91 Å². The number of hydrogen-bond donors (Lipinski definition) is 1. The first-order valence-electron chi connectivity index (χ1n) is 8.46. The highest BCUT2D eigenvalue weighted by molar-refractivity contribution is 9.10. The summed E-state index contributed by atoms with van der Waals surface area (Å²) >= 11 is 3.34. The van der Waals surface area contributed by atoms with Gasteiger partial charge < -0.3 is 5.32 Å². The maximum absolute atomic E-state index is 12.5. The van der Waals surface area contributed by atoms with Gasteiger partial charge in [-0.3, -0.25) is 4.79 Å². The highest BCUT2D eigenvalue weighted by atomic mass is 79.9. The third-order valence-electron chi connectivity index (χ3n) is 4.18. The average Bonchev–Trinajstić information content (AvgIpc) is 2.63. The number of nitrogens with zero attached hydrogens (tertiary/aromatic N) is 1. The molecule has 1 amide bonds. The molecule has 0 aliphatic carbocycles. The number of carbonyl (C=O) groups is 1. The van der Waals surface area contributed by atoms with Crippen LogP contribution in [0, 0.1) is 0 Å². The highest BCUT2D eigenvalue weighted by Gasteiger charge is 2.21. The first-order valence-corrected chi connectivity index (χ1v) is 10.7. The fourth-order valence-corrected chi connectivity index (χ4v) is 4.33. The van der Waals surface area contributed by atoms with Crippen LogP contribution in [0.25, 0.3) is 0 Å². The van der Waals surface area contributed by atoms with Gasteiger partial charge in [-0.05, 0) is 48.9 Å². The lowest BCUT2D eigenvalue weighted by Crippen LogP contribution is -2.30. The number of nitrogens with one attached hydrogen (secondary N) is 1. The molecule has 0 fully saturated rings. The summed E-state index contributed by atoms with van der Waals surface area (Å²) in [4.78, 5) is 12.6. The van der Waals surface area contributed by atoms with Crippen LogP contribution in [0.1, 0.15) is 42.7 Å². The van der Waals surface area contributed by atoms with Gasteiger partial charge in [-0.1, -0.05) is 41.9 Å². The van der Waals surface area contributed by atoms with Crippen molar-refractivity contribution in [3.05, 3.63) is 64.1 Å². The Bertz CT molecular complexity index is 845. The van der Waals surface area contributed by atoms with E-state index >= 15 is 0 Å². The van der Waals surface area contributed by atoms with Crippen LogP contribution in [-0.4, -0.2) is 31.7 Å². The van der Waals surface area contributed by atoms with Crippen molar-refractivity contribution >= 4 is 31.9 Å². The van der Waals surface area contributed by atoms with E-state index in [1.807, 2.05) is 32.9 Å². The Kier molecular flexibility index (Phi) is 6.97. The number of amides is 1. The second-order valence-corrected chi connectivity index (χ2v) is 8.71. The van der Waals surface area contributed by atoms with E-state index in [-0.39, 0.29) is 16.8 Å². The molecule has 1 unspecified atom stereocenters. The van der Waals surface area contributed by atoms with E-state index in [1.165, 1.54) is 4.31 Å². The predicted octanol–water partition coefficient (Wildman–Crippen LogP) is 3.97. The van der Waals surface area contributed by atoms with Crippen molar-refractivity contribution in [1.29, 1.82) is 0 Å². The molecule has 0 radical (unpaired) electrons. The van der Waals surface area contributed by atoms with Gasteiger partial charge in [0.05, 0.1) is 10.9 Å². The highest BCUT2D eigenvalue weighted by Crippen LogP contribution is 2.20. The van der Waals surface area contributed by atoms with Crippen molar-refractivity contribution in [2.24, 2.45) is 0 Å². The van der Waals surface area contributed by atoms with E-state index in [4.69, 9.17) is 0 Å². The molecular formula is C19H23BrN2O3S. The lowest BCUT2D eigenvalue weighted by atomic mass is 10.1. The molecule has 0 aliphatic heterocycles. The third-order valence-corrected chi connectivity index (χ3v) is 6.77. The summed E-state index contributed by atoms with van der Waals surface area (Å²) in [7, 11) is -3.47. The topological polar surface area (TPSA) is 66.5 Å². The van der Waals surface area contributed by atoms with E-state index in [1.54, 1.807) is 36.4 Å². The van der Waals surface area contributed by atoms with Crippen molar-refractivity contribution in [2.75, 3.05) is 13.1 Å². The first-order chi connectivity index (χ1) is 12.3. The standard InChI is InChI=1S/C19H23BrN2O3S/c1-4-22(5-2)26(24,25)18-12-8-15(9-13-18)14(3)21-19(23)16-6-10-17(20)11-7-16/h6-14H,4-5H2,1-3H3,(H,21,23). The number of hydrogen-bond acceptors (Lipinski definition) is 3. The van der Waals surface area contributed by atoms with Gasteiger partial charge >= 0.3 is 0 Å². The summed E-state index contributed by atoms with van der Waals surface area (Å²) in [5, 5.41) is 2.92. The second kappa shape index (κ2) is 8.79. The molecule has 0 spiro atoms. The number of halogens is 1. The predicted molar refractivity (Wildman–Crippen MR) is 107 cm³/mol. The molecule has 0 saturated heterocycles. The number of benzene rings is 2. The van der Waals surface area contributed by atoms with Crippen molar-refractivity contribution in [3.8, 4) is 0 Å². The van der Waals surface area contributed by atoms with Crippen molar-refractivity contribution in [1.82, 2.24) is 9.62 Å². The van der Waals surface area contributed by atoms with Crippen molar-refractivity contribution in [3.63, 3.8) is 0 Å². The molecule has 0 bridgehead atoms. The molecule has 0 heterocycles. The van der Waals surface area contributed by atoms with E-state index in [2.05, 4.69) is 21.2 Å². The Labute approximate surface area is 163 Å². The monoisotopic (exact) mass is 438 g/mol. The summed E-state index contributed by atoms with van der Waals surface area (Å²) in [5.74, 6) is -0.176. The number of rotatable bonds is 7. The zero-order chi connectivity index (χ0) is 19.3. The minimum Gasteiger partial charge on any atom is -0.346 e. The Morgan fingerprint density at radius 2 is 1.58 bits per heavy atom. The summed E-state index contributed by atoms with van der Waals surface area (Å²) in [6.45, 7) is 6.36. The zero-order valence-corrected chi connectivity index (χ0v) is 17.5. The van der Waals surface area contributed by atoms with Gasteiger partial charge in [0.2, 0.25) is 10.0 Å². The fourth-order valence-electron chi connectivity index (χ4n) is 2.61. The first kappa shape index (κ1) is 20.6. The molecule has 7 heteroatoms. The molecule has 140 valence electrons. The Morgan fingerprint density at radius 3 is 2.08 bits per heavy atom. The molecule has 1 atom stereocenters. The third kappa shape index (κ3) is 4.72. The van der Waals surface area contributed by atoms with E-state index in [0.29, 0.717) is 18.7 Å². The summed E-state index contributed by atoms with van der Waals surface area (Å²) in [6, 6.07) is 13.5. The molecule has 0 saturated carbocycles. The summed E-state index contributed by atoms with van der Waals surface area (Å²) < 4.78 is 27.4. The fraction of sp³-hybridized carbons (Fsp3) is 0.316. The van der Waals surface area contributed by atoms with Gasteiger partial charge in [-0.2, -0.15) is 4.31 Å². The minimum absolute atomic E-state index is 0.176. The lowest BCUT2D eigenvalue weighted by molar-refractivity contribution is 0.0940. The van der Waals surface area contributed by atoms with Crippen LogP contribution in [0.3, 0.4) is 0 Å². The van der Waals surface area contributed by atoms with Crippen LogP contribution in [0.5, 0.6) is 0 Å². The van der Waals surface area contributed by atoms with E-state index in [0.717, 1.165) is 10.0 Å². The summed E-state index contributed by atoms with van der Waals surface area (Å²) in [6.07, 6.45) is 0. The molecule has 5 nitrogen and oxygen atoms in total. The van der Waals surface area contributed by atoms with Gasteiger partial charge in [-0.15, -0.1) is 0 Å². The van der Waals surface area contributed by atoms with Crippen molar-refractivity contribution < 1.29 is 13.2 Å². The Hall–Kier alpha value is -1.70. The van der Waals surface area contributed by atoms with E-state index in [9.17, 15) is 13.2 Å². The van der Waals surface area contributed by atoms with Crippen LogP contribution in [-0.2, 0) is 10.0 Å². The lowest BCUT2D eigenvalue weighted by Gasteiger charge is -2.19. The Balaban J connectivity index is 2.12. The average molecular weight is 439 g/mol. The molecule has 2 rings (SSSR count). The summed E-state index contributed by atoms with van der Waals surface area (Å²) in [5.41, 5.74) is 1.41. The van der Waals surface area contributed by atoms with Gasteiger partial charge in [0, 0.05) is 23.1 Å². The minimum atomic E-state index is -3.47. The van der Waals surface area contributed by atoms with Crippen LogP contribution < -0.4 is 5.32 Å². The van der Waals surface area contributed by atoms with E-state index < -0.39 is 10.0 Å². The molecule has 0 aromatic heterocycles. The normalized spacial score (nSPS) is 12.8. The molecule has 2 aromatic carbocycles. The van der Waals surface area contributed by atoms with Gasteiger partial charge in [0.15, 0.2) is 0 Å². The maximum atomic E-state index is 12.5. The smallest absolute Gasteiger partial charge is 0.251 e. The molecule has 1 N–H and O–H groups in total. The zero-order valence-electron chi connectivity index (χ0n) is 15.1. The van der Waals surface area contributed by atoms with Crippen molar-refractivity contribution in [2.45, 2.75) is 31.7 Å². The van der Waals surface area contributed by atoms with Crippen LogP contribution in [0.15, 0.2) is 57.9 Å². The van der Waals surface area contributed by atoms with Crippen LogP contribution >= 0.6 is 15.9 Å². The van der Waals surface area contributed by atoms with Crippen LogP contribution in [0.4, 0.5) is 0 Å². The van der Waals surface area contributed by atoms with Gasteiger partial charge in [-0.25, -0.2) is 8.42 Å². The number of carbonyl (C=O) groups excluding carboxylic acids is 1. The molecule has 0 aliphatic rings. The largest absolute Gasteiger partial charge is 0.346 e. The van der Waals surface area contributed by atoms with Crippen LogP contribution in [0.2, 0.25) is 0 Å².